The lowest BCUT2D eigenvalue weighted by Gasteiger charge is -2.44. The van der Waals surface area contributed by atoms with Crippen molar-refractivity contribution in [2.75, 3.05) is 11.9 Å². The largest absolute Gasteiger partial charge is 0.485 e. The highest BCUT2D eigenvalue weighted by atomic mass is 19.1. The lowest BCUT2D eigenvalue weighted by molar-refractivity contribution is -0.167. The van der Waals surface area contributed by atoms with Gasteiger partial charge in [-0.1, -0.05) is 70.5 Å². The number of nitrogens with one attached hydrogen (secondary N) is 1. The van der Waals surface area contributed by atoms with Crippen LogP contribution in [0.3, 0.4) is 0 Å². The summed E-state index contributed by atoms with van der Waals surface area (Å²) in [5, 5.41) is 3.57. The van der Waals surface area contributed by atoms with Gasteiger partial charge < -0.3 is 19.5 Å². The van der Waals surface area contributed by atoms with E-state index < -0.39 is 5.60 Å². The standard InChI is InChI=1S/C33H42FNO3/c1-7-8-19-36-30-28-20-27(35-21-23-9-13-25(14-10-23)32(2,3)4)17-18-29(28)38-33(5,6)31(30)37-22-24-11-15-26(34)16-12-24/h9-18,20,30-31,35H,7-8,19,21-22H2,1-6H3. The number of halogens is 1. The molecule has 204 valence electrons. The molecule has 2 unspecified atom stereocenters. The summed E-state index contributed by atoms with van der Waals surface area (Å²) in [6.07, 6.45) is 1.40. The summed E-state index contributed by atoms with van der Waals surface area (Å²) in [6.45, 7) is 14.6. The Morgan fingerprint density at radius 2 is 1.61 bits per heavy atom. The molecule has 5 heteroatoms. The fraction of sp³-hybridized carbons (Fsp3) is 0.455. The molecule has 1 heterocycles. The first kappa shape index (κ1) is 28.1. The third-order valence-corrected chi connectivity index (χ3v) is 7.10. The Morgan fingerprint density at radius 1 is 0.921 bits per heavy atom. The van der Waals surface area contributed by atoms with Gasteiger partial charge in [-0.15, -0.1) is 0 Å². The van der Waals surface area contributed by atoms with Gasteiger partial charge in [-0.05, 0) is 72.7 Å². The average molecular weight is 520 g/mol. The number of fused-ring (bicyclic) bond motifs is 1. The van der Waals surface area contributed by atoms with Crippen LogP contribution in [0.1, 0.15) is 82.7 Å². The lowest BCUT2D eigenvalue weighted by Crippen LogP contribution is -2.51. The number of ether oxygens (including phenoxy) is 3. The van der Waals surface area contributed by atoms with Crippen LogP contribution in [-0.4, -0.2) is 18.3 Å². The fourth-order valence-corrected chi connectivity index (χ4v) is 4.76. The van der Waals surface area contributed by atoms with Gasteiger partial charge >= 0.3 is 0 Å². The molecular weight excluding hydrogens is 477 g/mol. The highest BCUT2D eigenvalue weighted by Crippen LogP contribution is 2.44. The molecule has 0 fully saturated rings. The zero-order valence-electron chi connectivity index (χ0n) is 23.6. The van der Waals surface area contributed by atoms with E-state index in [0.717, 1.165) is 42.0 Å². The molecule has 0 aliphatic carbocycles. The van der Waals surface area contributed by atoms with Crippen LogP contribution in [0.4, 0.5) is 10.1 Å². The summed E-state index contributed by atoms with van der Waals surface area (Å²) in [4.78, 5) is 0. The van der Waals surface area contributed by atoms with Gasteiger partial charge in [-0.25, -0.2) is 4.39 Å². The Bertz CT molecular complexity index is 1180. The smallest absolute Gasteiger partial charge is 0.132 e. The van der Waals surface area contributed by atoms with Crippen LogP contribution in [0, 0.1) is 5.82 Å². The Kier molecular flexibility index (Phi) is 8.79. The van der Waals surface area contributed by atoms with Crippen molar-refractivity contribution < 1.29 is 18.6 Å². The van der Waals surface area contributed by atoms with Crippen LogP contribution in [0.2, 0.25) is 0 Å². The summed E-state index contributed by atoms with van der Waals surface area (Å²) in [7, 11) is 0. The van der Waals surface area contributed by atoms with Gasteiger partial charge in [0.1, 0.15) is 29.4 Å². The zero-order valence-corrected chi connectivity index (χ0v) is 23.6. The van der Waals surface area contributed by atoms with E-state index >= 15 is 0 Å². The van der Waals surface area contributed by atoms with E-state index in [2.05, 4.69) is 69.4 Å². The van der Waals surface area contributed by atoms with Crippen LogP contribution in [0.5, 0.6) is 5.75 Å². The third-order valence-electron chi connectivity index (χ3n) is 7.10. The molecule has 0 saturated carbocycles. The number of unbranched alkanes of at least 4 members (excludes halogenated alkanes) is 1. The Morgan fingerprint density at radius 3 is 2.26 bits per heavy atom. The van der Waals surface area contributed by atoms with Crippen molar-refractivity contribution in [3.63, 3.8) is 0 Å². The summed E-state index contributed by atoms with van der Waals surface area (Å²) in [5.74, 6) is 0.563. The number of hydrogen-bond donors (Lipinski definition) is 1. The summed E-state index contributed by atoms with van der Waals surface area (Å²) < 4.78 is 32.8. The van der Waals surface area contributed by atoms with E-state index in [1.54, 1.807) is 12.1 Å². The monoisotopic (exact) mass is 519 g/mol. The molecule has 0 spiro atoms. The molecule has 38 heavy (non-hydrogen) atoms. The van der Waals surface area contributed by atoms with E-state index in [0.29, 0.717) is 13.2 Å². The van der Waals surface area contributed by atoms with Crippen molar-refractivity contribution in [3.8, 4) is 5.75 Å². The van der Waals surface area contributed by atoms with Crippen molar-refractivity contribution >= 4 is 5.69 Å². The maximum absolute atomic E-state index is 13.4. The summed E-state index contributed by atoms with van der Waals surface area (Å²) >= 11 is 0. The van der Waals surface area contributed by atoms with Crippen molar-refractivity contribution in [1.29, 1.82) is 0 Å². The maximum Gasteiger partial charge on any atom is 0.132 e. The van der Waals surface area contributed by atoms with Crippen molar-refractivity contribution in [1.82, 2.24) is 0 Å². The van der Waals surface area contributed by atoms with Crippen LogP contribution >= 0.6 is 0 Å². The average Bonchev–Trinajstić information content (AvgIpc) is 2.87. The second-order valence-electron chi connectivity index (χ2n) is 11.8. The first-order valence-corrected chi connectivity index (χ1v) is 13.7. The van der Waals surface area contributed by atoms with Crippen LogP contribution < -0.4 is 10.1 Å². The number of benzene rings is 3. The SMILES string of the molecule is CCCCOC1c2cc(NCc3ccc(C(C)(C)C)cc3)ccc2OC(C)(C)C1OCc1ccc(F)cc1. The molecule has 3 aromatic rings. The molecule has 0 aromatic heterocycles. The molecule has 0 bridgehead atoms. The normalized spacial score (nSPS) is 18.5. The molecule has 0 radical (unpaired) electrons. The Balaban J connectivity index is 1.54. The van der Waals surface area contributed by atoms with Gasteiger partial charge in [0.15, 0.2) is 0 Å². The lowest BCUT2D eigenvalue weighted by atomic mass is 9.87. The van der Waals surface area contributed by atoms with Crippen LogP contribution in [-0.2, 0) is 28.0 Å². The van der Waals surface area contributed by atoms with E-state index in [1.165, 1.54) is 23.3 Å². The molecule has 0 saturated heterocycles. The van der Waals surface area contributed by atoms with Gasteiger partial charge in [-0.3, -0.25) is 0 Å². The first-order chi connectivity index (χ1) is 18.1. The quantitative estimate of drug-likeness (QED) is 0.273. The first-order valence-electron chi connectivity index (χ1n) is 13.7. The van der Waals surface area contributed by atoms with Crippen molar-refractivity contribution in [3.05, 3.63) is 94.8 Å². The van der Waals surface area contributed by atoms with E-state index in [1.807, 2.05) is 19.9 Å². The Labute approximate surface area is 227 Å². The van der Waals surface area contributed by atoms with Gasteiger partial charge in [0.25, 0.3) is 0 Å². The van der Waals surface area contributed by atoms with Gasteiger partial charge in [0.2, 0.25) is 0 Å². The second-order valence-corrected chi connectivity index (χ2v) is 11.8. The molecule has 1 aliphatic rings. The second kappa shape index (κ2) is 11.9. The minimum absolute atomic E-state index is 0.139. The van der Waals surface area contributed by atoms with E-state index in [4.69, 9.17) is 14.2 Å². The fourth-order valence-electron chi connectivity index (χ4n) is 4.76. The maximum atomic E-state index is 13.4. The van der Waals surface area contributed by atoms with Crippen LogP contribution in [0.15, 0.2) is 66.7 Å². The highest BCUT2D eigenvalue weighted by molar-refractivity contribution is 5.54. The minimum Gasteiger partial charge on any atom is -0.485 e. The van der Waals surface area contributed by atoms with Gasteiger partial charge in [-0.2, -0.15) is 0 Å². The highest BCUT2D eigenvalue weighted by Gasteiger charge is 2.45. The molecule has 4 rings (SSSR count). The number of rotatable bonds is 10. The van der Waals surface area contributed by atoms with Crippen molar-refractivity contribution in [2.24, 2.45) is 0 Å². The predicted octanol–water partition coefficient (Wildman–Crippen LogP) is 8.35. The van der Waals surface area contributed by atoms with Crippen molar-refractivity contribution in [2.45, 2.75) is 90.8 Å². The Hall–Kier alpha value is -2.89. The molecule has 0 amide bonds. The molecule has 2 atom stereocenters. The molecule has 4 nitrogen and oxygen atoms in total. The number of hydrogen-bond acceptors (Lipinski definition) is 4. The predicted molar refractivity (Wildman–Crippen MR) is 152 cm³/mol. The molecule has 1 N–H and O–H groups in total. The molecule has 1 aliphatic heterocycles. The summed E-state index contributed by atoms with van der Waals surface area (Å²) in [6, 6.07) is 21.4. The topological polar surface area (TPSA) is 39.7 Å². The van der Waals surface area contributed by atoms with E-state index in [9.17, 15) is 4.39 Å². The van der Waals surface area contributed by atoms with Gasteiger partial charge in [0, 0.05) is 24.4 Å². The number of anilines is 1. The molecular formula is C33H42FNO3. The zero-order chi connectivity index (χ0) is 27.3. The molecule has 3 aromatic carbocycles. The third kappa shape index (κ3) is 6.95. The van der Waals surface area contributed by atoms with E-state index in [-0.39, 0.29) is 23.4 Å². The van der Waals surface area contributed by atoms with Gasteiger partial charge in [0.05, 0.1) is 6.61 Å². The van der Waals surface area contributed by atoms with Crippen LogP contribution in [0.25, 0.3) is 0 Å². The minimum atomic E-state index is -0.604. The summed E-state index contributed by atoms with van der Waals surface area (Å²) in [5.41, 5.74) is 4.99.